The molecule has 1 fully saturated rings. The number of nitrogens with zero attached hydrogens (tertiary/aromatic N) is 5. The number of nitrogen functional groups attached to an aromatic ring is 2. The van der Waals surface area contributed by atoms with Crippen LogP contribution in [0.15, 0.2) is 24.3 Å². The lowest BCUT2D eigenvalue weighted by molar-refractivity contribution is 0.133. The van der Waals surface area contributed by atoms with Crippen molar-refractivity contribution in [1.82, 2.24) is 24.8 Å². The van der Waals surface area contributed by atoms with E-state index >= 15 is 0 Å². The van der Waals surface area contributed by atoms with Gasteiger partial charge in [-0.25, -0.2) is 4.98 Å². The van der Waals surface area contributed by atoms with Crippen LogP contribution in [0.3, 0.4) is 0 Å². The standard InChI is InChI=1S/C24H33N7O3S/c1-15(34-24-27-20(25)14-21(26)28-24)22-16(2)35-23(29-22)17-5-6-18(32-4)19(13-17)33-12-11-31-9-7-30(3)8-10-31/h5-6,13-15H,7-12H2,1-4H3,(H4,25,26,27,28)/t15-/m1/s1. The average molecular weight is 500 g/mol. The van der Waals surface area contributed by atoms with Crippen molar-refractivity contribution in [2.24, 2.45) is 0 Å². The van der Waals surface area contributed by atoms with E-state index in [-0.39, 0.29) is 23.8 Å². The van der Waals surface area contributed by atoms with Crippen LogP contribution in [0, 0.1) is 6.92 Å². The minimum atomic E-state index is -0.376. The number of benzene rings is 1. The Kier molecular flexibility index (Phi) is 7.89. The predicted molar refractivity (Wildman–Crippen MR) is 138 cm³/mol. The van der Waals surface area contributed by atoms with Crippen molar-refractivity contribution in [2.75, 3.05) is 65.0 Å². The molecule has 0 spiro atoms. The number of nitrogens with two attached hydrogens (primary N) is 2. The zero-order valence-electron chi connectivity index (χ0n) is 20.7. The summed E-state index contributed by atoms with van der Waals surface area (Å²) < 4.78 is 17.5. The quantitative estimate of drug-likeness (QED) is 0.454. The van der Waals surface area contributed by atoms with E-state index in [1.54, 1.807) is 18.4 Å². The van der Waals surface area contributed by atoms with Crippen molar-refractivity contribution in [3.05, 3.63) is 34.8 Å². The highest BCUT2D eigenvalue weighted by atomic mass is 32.1. The summed E-state index contributed by atoms with van der Waals surface area (Å²) in [5.41, 5.74) is 13.3. The highest BCUT2D eigenvalue weighted by Crippen LogP contribution is 2.36. The smallest absolute Gasteiger partial charge is 0.320 e. The fraction of sp³-hybridized carbons (Fsp3) is 0.458. The van der Waals surface area contributed by atoms with Crippen molar-refractivity contribution >= 4 is 23.0 Å². The van der Waals surface area contributed by atoms with Gasteiger partial charge in [0.05, 0.1) is 12.8 Å². The molecule has 1 aromatic carbocycles. The van der Waals surface area contributed by atoms with Gasteiger partial charge < -0.3 is 30.6 Å². The molecule has 0 saturated carbocycles. The molecular formula is C24H33N7O3S. The zero-order valence-corrected chi connectivity index (χ0v) is 21.5. The molecule has 1 atom stereocenters. The number of ether oxygens (including phenoxy) is 3. The third kappa shape index (κ3) is 6.30. The Hall–Kier alpha value is -3.15. The van der Waals surface area contributed by atoms with Gasteiger partial charge in [-0.2, -0.15) is 9.97 Å². The van der Waals surface area contributed by atoms with E-state index in [1.807, 2.05) is 32.0 Å². The lowest BCUT2D eigenvalue weighted by Crippen LogP contribution is -2.45. The molecule has 188 valence electrons. The second kappa shape index (κ2) is 11.1. The molecule has 4 rings (SSSR count). The number of thiazole rings is 1. The minimum absolute atomic E-state index is 0.129. The molecule has 0 radical (unpaired) electrons. The summed E-state index contributed by atoms with van der Waals surface area (Å²) in [6, 6.07) is 7.50. The largest absolute Gasteiger partial charge is 0.493 e. The normalized spacial score (nSPS) is 15.7. The molecular weight excluding hydrogens is 466 g/mol. The van der Waals surface area contributed by atoms with Crippen LogP contribution in [0.2, 0.25) is 0 Å². The van der Waals surface area contributed by atoms with Gasteiger partial charge in [0.15, 0.2) is 11.5 Å². The van der Waals surface area contributed by atoms with Crippen molar-refractivity contribution in [1.29, 1.82) is 0 Å². The number of methoxy groups -OCH3 is 1. The summed E-state index contributed by atoms with van der Waals surface area (Å²) in [5, 5.41) is 0.868. The first-order chi connectivity index (χ1) is 16.8. The van der Waals surface area contributed by atoms with Gasteiger partial charge in [-0.05, 0) is 39.1 Å². The number of piperazine rings is 1. The van der Waals surface area contributed by atoms with E-state index in [2.05, 4.69) is 26.8 Å². The van der Waals surface area contributed by atoms with Gasteiger partial charge in [0.1, 0.15) is 29.4 Å². The monoisotopic (exact) mass is 499 g/mol. The lowest BCUT2D eigenvalue weighted by Gasteiger charge is -2.32. The van der Waals surface area contributed by atoms with Crippen LogP contribution in [0.1, 0.15) is 23.6 Å². The first kappa shape index (κ1) is 25.0. The number of aryl methyl sites for hydroxylation is 1. The number of hydrogen-bond donors (Lipinski definition) is 2. The molecule has 3 aromatic rings. The molecule has 1 aliphatic heterocycles. The molecule has 3 heterocycles. The second-order valence-electron chi connectivity index (χ2n) is 8.58. The molecule has 0 bridgehead atoms. The molecule has 0 aliphatic carbocycles. The molecule has 2 aromatic heterocycles. The maximum Gasteiger partial charge on any atom is 0.320 e. The number of anilines is 2. The molecule has 0 amide bonds. The van der Waals surface area contributed by atoms with Crippen molar-refractivity contribution < 1.29 is 14.2 Å². The molecule has 4 N–H and O–H groups in total. The van der Waals surface area contributed by atoms with E-state index in [4.69, 9.17) is 30.7 Å². The van der Waals surface area contributed by atoms with Crippen LogP contribution < -0.4 is 25.7 Å². The molecule has 11 heteroatoms. The molecule has 1 aliphatic rings. The third-order valence-electron chi connectivity index (χ3n) is 5.92. The van der Waals surface area contributed by atoms with E-state index < -0.39 is 0 Å². The van der Waals surface area contributed by atoms with Crippen LogP contribution in [-0.2, 0) is 0 Å². The van der Waals surface area contributed by atoms with Crippen LogP contribution >= 0.6 is 11.3 Å². The maximum atomic E-state index is 6.14. The van der Waals surface area contributed by atoms with Gasteiger partial charge in [0.25, 0.3) is 0 Å². The Morgan fingerprint density at radius 1 is 1.03 bits per heavy atom. The summed E-state index contributed by atoms with van der Waals surface area (Å²) >= 11 is 1.59. The van der Waals surface area contributed by atoms with Gasteiger partial charge in [0, 0.05) is 49.2 Å². The predicted octanol–water partition coefficient (Wildman–Crippen LogP) is 2.85. The minimum Gasteiger partial charge on any atom is -0.493 e. The van der Waals surface area contributed by atoms with Gasteiger partial charge in [0.2, 0.25) is 0 Å². The number of hydrogen-bond acceptors (Lipinski definition) is 11. The van der Waals surface area contributed by atoms with Gasteiger partial charge in [-0.3, -0.25) is 4.90 Å². The highest BCUT2D eigenvalue weighted by molar-refractivity contribution is 7.15. The Bertz CT molecular complexity index is 1130. The van der Waals surface area contributed by atoms with Crippen LogP contribution in [0.5, 0.6) is 17.5 Å². The van der Waals surface area contributed by atoms with E-state index in [9.17, 15) is 0 Å². The van der Waals surface area contributed by atoms with Crippen molar-refractivity contribution in [3.8, 4) is 28.1 Å². The fourth-order valence-corrected chi connectivity index (χ4v) is 4.91. The Labute approximate surface area is 209 Å². The highest BCUT2D eigenvalue weighted by Gasteiger charge is 2.20. The summed E-state index contributed by atoms with van der Waals surface area (Å²) in [7, 11) is 3.81. The van der Waals surface area contributed by atoms with Gasteiger partial charge >= 0.3 is 6.01 Å². The zero-order chi connectivity index (χ0) is 24.9. The second-order valence-corrected chi connectivity index (χ2v) is 9.78. The Balaban J connectivity index is 1.46. The van der Waals surface area contributed by atoms with Crippen molar-refractivity contribution in [2.45, 2.75) is 20.0 Å². The average Bonchev–Trinajstić information content (AvgIpc) is 3.21. The molecule has 1 saturated heterocycles. The van der Waals surface area contributed by atoms with Crippen LogP contribution in [0.4, 0.5) is 11.6 Å². The first-order valence-electron chi connectivity index (χ1n) is 11.6. The summed E-state index contributed by atoms with van der Waals surface area (Å²) in [5.74, 6) is 1.93. The summed E-state index contributed by atoms with van der Waals surface area (Å²) in [4.78, 5) is 18.8. The van der Waals surface area contributed by atoms with Gasteiger partial charge in [-0.15, -0.1) is 11.3 Å². The maximum absolute atomic E-state index is 6.14. The molecule has 10 nitrogen and oxygen atoms in total. The first-order valence-corrected chi connectivity index (χ1v) is 12.4. The number of aromatic nitrogens is 3. The van der Waals surface area contributed by atoms with Gasteiger partial charge in [-0.1, -0.05) is 0 Å². The Morgan fingerprint density at radius 3 is 2.43 bits per heavy atom. The Morgan fingerprint density at radius 2 is 1.74 bits per heavy atom. The number of rotatable bonds is 9. The molecule has 0 unspecified atom stereocenters. The van der Waals surface area contributed by atoms with E-state index in [1.165, 1.54) is 6.07 Å². The van der Waals surface area contributed by atoms with E-state index in [0.29, 0.717) is 18.1 Å². The van der Waals surface area contributed by atoms with Crippen molar-refractivity contribution in [3.63, 3.8) is 0 Å². The topological polar surface area (TPSA) is 125 Å². The fourth-order valence-electron chi connectivity index (χ4n) is 3.92. The lowest BCUT2D eigenvalue weighted by atomic mass is 10.2. The molecule has 35 heavy (non-hydrogen) atoms. The summed E-state index contributed by atoms with van der Waals surface area (Å²) in [6.45, 7) is 9.69. The third-order valence-corrected chi connectivity index (χ3v) is 6.95. The van der Waals surface area contributed by atoms with E-state index in [0.717, 1.165) is 53.9 Å². The summed E-state index contributed by atoms with van der Waals surface area (Å²) in [6.07, 6.45) is -0.376. The number of likely N-dealkylation sites (N-methyl/N-ethyl adjacent to an activating group) is 1. The van der Waals surface area contributed by atoms with Crippen LogP contribution in [-0.4, -0.2) is 78.2 Å². The van der Waals surface area contributed by atoms with Crippen LogP contribution in [0.25, 0.3) is 10.6 Å². The SMILES string of the molecule is COc1ccc(-c2nc([C@@H](C)Oc3nc(N)cc(N)n3)c(C)s2)cc1OCCN1CCN(C)CC1.